The van der Waals surface area contributed by atoms with Gasteiger partial charge in [-0.25, -0.2) is 5.48 Å². The predicted octanol–water partition coefficient (Wildman–Crippen LogP) is 2.13. The summed E-state index contributed by atoms with van der Waals surface area (Å²) in [5, 5.41) is 11.4. The van der Waals surface area contributed by atoms with Gasteiger partial charge in [-0.2, -0.15) is 0 Å². The van der Waals surface area contributed by atoms with E-state index in [1.54, 1.807) is 38.1 Å². The van der Waals surface area contributed by atoms with Gasteiger partial charge in [-0.05, 0) is 62.9 Å². The van der Waals surface area contributed by atoms with Crippen molar-refractivity contribution in [1.29, 1.82) is 0 Å². The Morgan fingerprint density at radius 1 is 1.26 bits per heavy atom. The van der Waals surface area contributed by atoms with Gasteiger partial charge < -0.3 is 11.1 Å². The molecule has 0 heterocycles. The average Bonchev–Trinajstić information content (AvgIpc) is 3.15. The van der Waals surface area contributed by atoms with E-state index in [4.69, 9.17) is 10.9 Å². The predicted molar refractivity (Wildman–Crippen MR) is 104 cm³/mol. The zero-order valence-electron chi connectivity index (χ0n) is 15.8. The van der Waals surface area contributed by atoms with Crippen LogP contribution in [0.5, 0.6) is 0 Å². The lowest BCUT2D eigenvalue weighted by Gasteiger charge is -2.29. The first-order valence-corrected chi connectivity index (χ1v) is 9.13. The molecule has 6 nitrogen and oxygen atoms in total. The summed E-state index contributed by atoms with van der Waals surface area (Å²) in [6, 6.07) is 5.70. The number of hydrogen-bond donors (Lipinski definition) is 4. The molecule has 1 aliphatic carbocycles. The van der Waals surface area contributed by atoms with Crippen molar-refractivity contribution in [2.24, 2.45) is 11.7 Å². The van der Waals surface area contributed by atoms with E-state index in [1.165, 1.54) is 31.2 Å². The Bertz CT molecular complexity index is 746. The molecule has 1 saturated carbocycles. The van der Waals surface area contributed by atoms with E-state index >= 15 is 0 Å². The lowest BCUT2D eigenvalue weighted by molar-refractivity contribution is -0.132. The summed E-state index contributed by atoms with van der Waals surface area (Å²) in [5.74, 6) is 5.49. The van der Waals surface area contributed by atoms with E-state index < -0.39 is 23.4 Å². The minimum atomic E-state index is -1.07. The number of nitrogens with two attached hydrogens (primary N) is 1. The topological polar surface area (TPSA) is 104 Å². The molecule has 1 aromatic carbocycles. The van der Waals surface area contributed by atoms with E-state index in [1.807, 2.05) is 6.08 Å². The summed E-state index contributed by atoms with van der Waals surface area (Å²) in [7, 11) is 0. The molecule has 2 amide bonds. The maximum absolute atomic E-state index is 12.4. The number of hydroxylamine groups is 1. The summed E-state index contributed by atoms with van der Waals surface area (Å²) in [4.78, 5) is 24.1. The zero-order valence-corrected chi connectivity index (χ0v) is 15.8. The molecule has 6 heteroatoms. The molecule has 2 rings (SSSR count). The van der Waals surface area contributed by atoms with Crippen LogP contribution in [0.3, 0.4) is 0 Å². The highest BCUT2D eigenvalue weighted by Gasteiger charge is 2.33. The van der Waals surface area contributed by atoms with E-state index in [2.05, 4.69) is 23.2 Å². The molecule has 0 unspecified atom stereocenters. The van der Waals surface area contributed by atoms with Crippen LogP contribution in [0.1, 0.15) is 55.5 Å². The number of carbonyl (C=O) groups excluding carboxylic acids is 2. The highest BCUT2D eigenvalue weighted by atomic mass is 16.5. The Labute approximate surface area is 160 Å². The Morgan fingerprint density at radius 2 is 1.89 bits per heavy atom. The third-order valence-electron chi connectivity index (χ3n) is 4.61. The van der Waals surface area contributed by atoms with Crippen LogP contribution in [-0.2, 0) is 4.79 Å². The van der Waals surface area contributed by atoms with Crippen LogP contribution < -0.4 is 16.5 Å². The van der Waals surface area contributed by atoms with Crippen molar-refractivity contribution in [2.75, 3.05) is 0 Å². The molecule has 144 valence electrons. The van der Waals surface area contributed by atoms with E-state index in [0.717, 1.165) is 5.56 Å². The van der Waals surface area contributed by atoms with Gasteiger partial charge in [0.1, 0.15) is 6.04 Å². The first kappa shape index (κ1) is 20.7. The summed E-state index contributed by atoms with van der Waals surface area (Å²) in [6.45, 7) is 3.18. The number of rotatable bonds is 5. The van der Waals surface area contributed by atoms with Gasteiger partial charge in [0.2, 0.25) is 0 Å². The third-order valence-corrected chi connectivity index (χ3v) is 4.61. The molecule has 5 N–H and O–H groups in total. The second-order valence-corrected chi connectivity index (χ2v) is 7.45. The molecule has 27 heavy (non-hydrogen) atoms. The number of carbonyl (C=O) groups is 2. The number of nitrogens with one attached hydrogen (secondary N) is 2. The number of allylic oxidation sites excluding steroid dienone is 2. The number of amides is 2. The molecule has 1 fully saturated rings. The molecule has 1 atom stereocenters. The normalized spacial score (nSPS) is 15.9. The Morgan fingerprint density at radius 3 is 2.44 bits per heavy atom. The largest absolute Gasteiger partial charge is 0.338 e. The molecule has 0 saturated heterocycles. The van der Waals surface area contributed by atoms with Gasteiger partial charge in [-0.15, -0.1) is 0 Å². The van der Waals surface area contributed by atoms with Crippen LogP contribution in [-0.4, -0.2) is 28.6 Å². The lowest BCUT2D eigenvalue weighted by Crippen LogP contribution is -2.61. The van der Waals surface area contributed by atoms with Crippen LogP contribution >= 0.6 is 0 Å². The monoisotopic (exact) mass is 369 g/mol. The fourth-order valence-electron chi connectivity index (χ4n) is 3.03. The van der Waals surface area contributed by atoms with Gasteiger partial charge in [0.25, 0.3) is 11.8 Å². The summed E-state index contributed by atoms with van der Waals surface area (Å²) in [6.07, 6.45) is 9.16. The van der Waals surface area contributed by atoms with Crippen molar-refractivity contribution in [2.45, 2.75) is 51.1 Å². The number of benzene rings is 1. The van der Waals surface area contributed by atoms with Gasteiger partial charge in [0, 0.05) is 16.7 Å². The number of hydrogen-bond acceptors (Lipinski definition) is 4. The molecule has 1 aromatic rings. The molecule has 0 bridgehead atoms. The van der Waals surface area contributed by atoms with Crippen molar-refractivity contribution in [3.63, 3.8) is 0 Å². The van der Waals surface area contributed by atoms with Gasteiger partial charge >= 0.3 is 0 Å². The van der Waals surface area contributed by atoms with Gasteiger partial charge in [0.05, 0.1) is 0 Å². The minimum Gasteiger partial charge on any atom is -0.338 e. The van der Waals surface area contributed by atoms with Crippen molar-refractivity contribution in [1.82, 2.24) is 10.8 Å². The fourth-order valence-corrected chi connectivity index (χ4v) is 3.03. The highest BCUT2D eigenvalue weighted by Crippen LogP contribution is 2.25. The van der Waals surface area contributed by atoms with Crippen molar-refractivity contribution < 1.29 is 14.8 Å². The minimum absolute atomic E-state index is 0.377. The van der Waals surface area contributed by atoms with E-state index in [0.29, 0.717) is 11.5 Å². The van der Waals surface area contributed by atoms with Crippen molar-refractivity contribution >= 4 is 11.8 Å². The molecular weight excluding hydrogens is 342 g/mol. The Balaban J connectivity index is 1.99. The maximum Gasteiger partial charge on any atom is 0.267 e. The summed E-state index contributed by atoms with van der Waals surface area (Å²) in [5.41, 5.74) is 7.57. The first-order valence-electron chi connectivity index (χ1n) is 9.13. The third kappa shape index (κ3) is 6.24. The Hall–Kier alpha value is -2.62. The molecule has 0 aliphatic heterocycles. The summed E-state index contributed by atoms with van der Waals surface area (Å²) >= 11 is 0. The fraction of sp³-hybridized carbons (Fsp3) is 0.429. The quantitative estimate of drug-likeness (QED) is 0.362. The van der Waals surface area contributed by atoms with E-state index in [-0.39, 0.29) is 0 Å². The second kappa shape index (κ2) is 9.36. The Kier molecular flexibility index (Phi) is 7.17. The molecule has 1 aliphatic rings. The molecule has 0 aromatic heterocycles. The van der Waals surface area contributed by atoms with Crippen LogP contribution in [0.25, 0.3) is 0 Å². The van der Waals surface area contributed by atoms with Gasteiger partial charge in [-0.1, -0.05) is 30.8 Å². The molecular formula is C21H27N3O3. The van der Waals surface area contributed by atoms with E-state index in [9.17, 15) is 9.59 Å². The van der Waals surface area contributed by atoms with Crippen LogP contribution in [0.4, 0.5) is 0 Å². The van der Waals surface area contributed by atoms with Crippen molar-refractivity contribution in [3.8, 4) is 11.8 Å². The average molecular weight is 369 g/mol. The second-order valence-electron chi connectivity index (χ2n) is 7.45. The molecule has 0 radical (unpaired) electrons. The lowest BCUT2D eigenvalue weighted by atomic mass is 9.95. The van der Waals surface area contributed by atoms with Crippen LogP contribution in [0.2, 0.25) is 0 Å². The van der Waals surface area contributed by atoms with Crippen LogP contribution in [0.15, 0.2) is 36.4 Å². The zero-order chi connectivity index (χ0) is 19.9. The van der Waals surface area contributed by atoms with Gasteiger partial charge in [-0.3, -0.25) is 14.8 Å². The summed E-state index contributed by atoms with van der Waals surface area (Å²) < 4.78 is 0. The maximum atomic E-state index is 12.4. The van der Waals surface area contributed by atoms with Crippen molar-refractivity contribution in [3.05, 3.63) is 47.5 Å². The standard InChI is InChI=1S/C21H27N3O3/c1-21(2,22)18(20(26)24-27)23-19(25)17-13-11-16(12-14-17)10-6-5-9-15-7-3-4-8-15/h5,9,11-15,18,27H,3-4,7-8,22H2,1-2H3,(H,23,25)(H,24,26)/b9-5+/t18-/m1/s1. The smallest absolute Gasteiger partial charge is 0.267 e. The van der Waals surface area contributed by atoms with Crippen LogP contribution in [0, 0.1) is 17.8 Å². The molecule has 0 spiro atoms. The highest BCUT2D eigenvalue weighted by molar-refractivity contribution is 5.97. The van der Waals surface area contributed by atoms with Gasteiger partial charge in [0.15, 0.2) is 0 Å². The SMILES string of the molecule is CC(C)(N)[C@H](NC(=O)c1ccc(C#C/C=C/C2CCCC2)cc1)C(=O)NO. The first-order chi connectivity index (χ1) is 12.8.